The zero-order valence-electron chi connectivity index (χ0n) is 9.11. The van der Waals surface area contributed by atoms with E-state index in [4.69, 9.17) is 23.2 Å². The van der Waals surface area contributed by atoms with Crippen molar-refractivity contribution in [2.75, 3.05) is 0 Å². The number of aromatic amines is 1. The number of nitrogens with one attached hydrogen (secondary N) is 2. The van der Waals surface area contributed by atoms with Crippen molar-refractivity contribution >= 4 is 23.2 Å². The molecule has 1 unspecified atom stereocenters. The molecule has 0 fully saturated rings. The molecule has 0 saturated heterocycles. The van der Waals surface area contributed by atoms with Crippen LogP contribution in [0.1, 0.15) is 24.4 Å². The summed E-state index contributed by atoms with van der Waals surface area (Å²) in [7, 11) is 0. The van der Waals surface area contributed by atoms with E-state index >= 15 is 0 Å². The second-order valence-corrected chi connectivity index (χ2v) is 4.36. The molecule has 0 spiro atoms. The van der Waals surface area contributed by atoms with Crippen molar-refractivity contribution in [3.63, 3.8) is 0 Å². The third-order valence-electron chi connectivity index (χ3n) is 2.40. The van der Waals surface area contributed by atoms with E-state index in [0.717, 1.165) is 5.56 Å². The molecule has 2 rings (SSSR count). The number of benzene rings is 1. The molecule has 0 aliphatic heterocycles. The third kappa shape index (κ3) is 2.94. The van der Waals surface area contributed by atoms with Crippen LogP contribution in [0.2, 0.25) is 10.0 Å². The lowest BCUT2D eigenvalue weighted by Crippen LogP contribution is -2.19. The van der Waals surface area contributed by atoms with Crippen LogP contribution in [0.5, 0.6) is 0 Å². The highest BCUT2D eigenvalue weighted by Gasteiger charge is 2.11. The maximum Gasteiger partial charge on any atom is 0.188 e. The monoisotopic (exact) mass is 271 g/mol. The van der Waals surface area contributed by atoms with Gasteiger partial charge in [-0.3, -0.25) is 0 Å². The Morgan fingerprint density at radius 3 is 2.94 bits per heavy atom. The fourth-order valence-corrected chi connectivity index (χ4v) is 1.94. The number of tetrazole rings is 1. The quantitative estimate of drug-likeness (QED) is 0.896. The van der Waals surface area contributed by atoms with Gasteiger partial charge in [0.15, 0.2) is 5.82 Å². The van der Waals surface area contributed by atoms with Crippen molar-refractivity contribution in [3.05, 3.63) is 39.6 Å². The SMILES string of the molecule is CC(NCc1nn[nH]n1)c1cccc(Cl)c1Cl. The van der Waals surface area contributed by atoms with E-state index in [1.54, 1.807) is 6.07 Å². The fraction of sp³-hybridized carbons (Fsp3) is 0.300. The molecule has 0 bridgehead atoms. The van der Waals surface area contributed by atoms with Gasteiger partial charge in [-0.1, -0.05) is 40.5 Å². The Bertz CT molecular complexity index is 485. The molecule has 0 radical (unpaired) electrons. The predicted molar refractivity (Wildman–Crippen MR) is 65.9 cm³/mol. The molecule has 1 aromatic carbocycles. The van der Waals surface area contributed by atoms with E-state index in [2.05, 4.69) is 25.9 Å². The van der Waals surface area contributed by atoms with Crippen LogP contribution in [0.25, 0.3) is 0 Å². The van der Waals surface area contributed by atoms with E-state index < -0.39 is 0 Å². The number of H-pyrrole nitrogens is 1. The van der Waals surface area contributed by atoms with Crippen molar-refractivity contribution < 1.29 is 0 Å². The minimum Gasteiger partial charge on any atom is -0.303 e. The molecular formula is C10H11Cl2N5. The number of hydrogen-bond acceptors (Lipinski definition) is 4. The van der Waals surface area contributed by atoms with Crippen molar-refractivity contribution in [3.8, 4) is 0 Å². The van der Waals surface area contributed by atoms with Crippen molar-refractivity contribution in [1.29, 1.82) is 0 Å². The molecule has 1 atom stereocenters. The highest BCUT2D eigenvalue weighted by Crippen LogP contribution is 2.29. The van der Waals surface area contributed by atoms with E-state index in [0.29, 0.717) is 22.4 Å². The Morgan fingerprint density at radius 2 is 2.24 bits per heavy atom. The van der Waals surface area contributed by atoms with Gasteiger partial charge in [0.1, 0.15) is 0 Å². The van der Waals surface area contributed by atoms with Gasteiger partial charge < -0.3 is 5.32 Å². The van der Waals surface area contributed by atoms with Crippen molar-refractivity contribution in [2.24, 2.45) is 0 Å². The Labute approximate surface area is 109 Å². The first-order chi connectivity index (χ1) is 8.18. The first kappa shape index (κ1) is 12.3. The van der Waals surface area contributed by atoms with Gasteiger partial charge in [-0.2, -0.15) is 5.21 Å². The Balaban J connectivity index is 2.04. The molecular weight excluding hydrogens is 261 g/mol. The molecule has 1 aromatic heterocycles. The van der Waals surface area contributed by atoms with E-state index in [1.807, 2.05) is 19.1 Å². The zero-order chi connectivity index (χ0) is 12.3. The van der Waals surface area contributed by atoms with Gasteiger partial charge in [0.2, 0.25) is 0 Å². The van der Waals surface area contributed by atoms with Gasteiger partial charge >= 0.3 is 0 Å². The molecule has 2 N–H and O–H groups in total. The molecule has 90 valence electrons. The first-order valence-electron chi connectivity index (χ1n) is 5.08. The highest BCUT2D eigenvalue weighted by atomic mass is 35.5. The van der Waals surface area contributed by atoms with E-state index in [-0.39, 0.29) is 6.04 Å². The zero-order valence-corrected chi connectivity index (χ0v) is 10.6. The summed E-state index contributed by atoms with van der Waals surface area (Å²) in [6.07, 6.45) is 0. The minimum atomic E-state index is 0.0553. The maximum atomic E-state index is 6.13. The fourth-order valence-electron chi connectivity index (χ4n) is 1.47. The summed E-state index contributed by atoms with van der Waals surface area (Å²) in [5.74, 6) is 0.606. The van der Waals surface area contributed by atoms with Gasteiger partial charge in [0.05, 0.1) is 16.6 Å². The van der Waals surface area contributed by atoms with Crippen LogP contribution in [0, 0.1) is 0 Å². The van der Waals surface area contributed by atoms with E-state index in [1.165, 1.54) is 0 Å². The molecule has 17 heavy (non-hydrogen) atoms. The van der Waals surface area contributed by atoms with Gasteiger partial charge in [-0.25, -0.2) is 0 Å². The number of aromatic nitrogens is 4. The molecule has 1 heterocycles. The number of hydrogen-bond donors (Lipinski definition) is 2. The largest absolute Gasteiger partial charge is 0.303 e. The van der Waals surface area contributed by atoms with Crippen molar-refractivity contribution in [1.82, 2.24) is 25.9 Å². The minimum absolute atomic E-state index is 0.0553. The highest BCUT2D eigenvalue weighted by molar-refractivity contribution is 6.42. The van der Waals surface area contributed by atoms with Crippen LogP contribution in [-0.2, 0) is 6.54 Å². The topological polar surface area (TPSA) is 66.5 Å². The molecule has 2 aromatic rings. The lowest BCUT2D eigenvalue weighted by Gasteiger charge is -2.15. The Morgan fingerprint density at radius 1 is 1.41 bits per heavy atom. The summed E-state index contributed by atoms with van der Waals surface area (Å²) in [4.78, 5) is 0. The molecule has 5 nitrogen and oxygen atoms in total. The summed E-state index contributed by atoms with van der Waals surface area (Å²) < 4.78 is 0. The van der Waals surface area contributed by atoms with Crippen LogP contribution in [0.3, 0.4) is 0 Å². The average Bonchev–Trinajstić information content (AvgIpc) is 2.82. The summed E-state index contributed by atoms with van der Waals surface area (Å²) in [6.45, 7) is 2.51. The summed E-state index contributed by atoms with van der Waals surface area (Å²) >= 11 is 12.1. The standard InChI is InChI=1S/C10H11Cl2N5/c1-6(13-5-9-14-16-17-15-9)7-3-2-4-8(11)10(7)12/h2-4,6,13H,5H2,1H3,(H,14,15,16,17). The summed E-state index contributed by atoms with van der Waals surface area (Å²) in [6, 6.07) is 5.62. The van der Waals surface area contributed by atoms with Crippen LogP contribution >= 0.6 is 23.2 Å². The Hall–Kier alpha value is -1.17. The molecule has 0 aliphatic rings. The number of nitrogens with zero attached hydrogens (tertiary/aromatic N) is 3. The van der Waals surface area contributed by atoms with Crippen LogP contribution in [0.15, 0.2) is 18.2 Å². The first-order valence-corrected chi connectivity index (χ1v) is 5.83. The normalized spacial score (nSPS) is 12.6. The second-order valence-electron chi connectivity index (χ2n) is 3.57. The molecule has 0 aliphatic carbocycles. The summed E-state index contributed by atoms with van der Waals surface area (Å²) in [5.41, 5.74) is 0.947. The lowest BCUT2D eigenvalue weighted by molar-refractivity contribution is 0.560. The van der Waals surface area contributed by atoms with Gasteiger partial charge in [-0.05, 0) is 18.6 Å². The maximum absolute atomic E-state index is 6.13. The summed E-state index contributed by atoms with van der Waals surface area (Å²) in [5, 5.41) is 17.9. The van der Waals surface area contributed by atoms with E-state index in [9.17, 15) is 0 Å². The second kappa shape index (κ2) is 5.44. The molecule has 0 amide bonds. The Kier molecular flexibility index (Phi) is 3.93. The smallest absolute Gasteiger partial charge is 0.188 e. The van der Waals surface area contributed by atoms with Crippen LogP contribution in [0.4, 0.5) is 0 Å². The predicted octanol–water partition coefficient (Wildman–Crippen LogP) is 2.36. The molecule has 7 heteroatoms. The third-order valence-corrected chi connectivity index (χ3v) is 3.24. The van der Waals surface area contributed by atoms with Crippen LogP contribution < -0.4 is 5.32 Å². The lowest BCUT2D eigenvalue weighted by atomic mass is 10.1. The van der Waals surface area contributed by atoms with Crippen molar-refractivity contribution in [2.45, 2.75) is 19.5 Å². The number of halogens is 2. The van der Waals surface area contributed by atoms with Crippen LogP contribution in [-0.4, -0.2) is 20.6 Å². The van der Waals surface area contributed by atoms with Gasteiger partial charge in [0.25, 0.3) is 0 Å². The average molecular weight is 272 g/mol. The van der Waals surface area contributed by atoms with Gasteiger partial charge in [-0.15, -0.1) is 10.2 Å². The molecule has 0 saturated carbocycles. The number of rotatable bonds is 4. The van der Waals surface area contributed by atoms with Gasteiger partial charge in [0, 0.05) is 6.04 Å².